The van der Waals surface area contributed by atoms with Crippen LogP contribution in [0.1, 0.15) is 5.56 Å². The van der Waals surface area contributed by atoms with Gasteiger partial charge < -0.3 is 9.84 Å². The second kappa shape index (κ2) is 10.2. The molecule has 0 radical (unpaired) electrons. The third-order valence-corrected chi connectivity index (χ3v) is 6.19. The number of ether oxygens (including phenoxy) is 1. The van der Waals surface area contributed by atoms with Crippen LogP contribution in [0.5, 0.6) is 5.75 Å². The molecule has 3 aromatic carbocycles. The van der Waals surface area contributed by atoms with Gasteiger partial charge in [-0.25, -0.2) is 9.97 Å². The zero-order valence-corrected chi connectivity index (χ0v) is 20.2. The number of nitrogens with zero attached hydrogens (tertiary/aromatic N) is 5. The van der Waals surface area contributed by atoms with E-state index in [4.69, 9.17) is 4.74 Å². The molecule has 0 aliphatic carbocycles. The van der Waals surface area contributed by atoms with E-state index >= 15 is 0 Å². The van der Waals surface area contributed by atoms with Gasteiger partial charge in [0.25, 0.3) is 5.56 Å². The van der Waals surface area contributed by atoms with Gasteiger partial charge in [0.2, 0.25) is 0 Å². The van der Waals surface area contributed by atoms with Crippen LogP contribution < -0.4 is 10.3 Å². The zero-order chi connectivity index (χ0) is 25.1. The molecule has 182 valence electrons. The lowest BCUT2D eigenvalue weighted by Crippen LogP contribution is -2.23. The Kier molecular flexibility index (Phi) is 6.62. The molecular formula is C28H27N5O3. The molecule has 8 heteroatoms. The van der Waals surface area contributed by atoms with Crippen molar-refractivity contribution in [3.05, 3.63) is 101 Å². The zero-order valence-electron chi connectivity index (χ0n) is 20.2. The summed E-state index contributed by atoms with van der Waals surface area (Å²) in [4.78, 5) is 24.5. The molecule has 2 heterocycles. The summed E-state index contributed by atoms with van der Waals surface area (Å²) in [6.45, 7) is 1.24. The Balaban J connectivity index is 1.62. The molecule has 0 fully saturated rings. The number of methoxy groups -OCH3 is 1. The maximum absolute atomic E-state index is 13.7. The number of hydrogen-bond donors (Lipinski definition) is 1. The first-order valence-corrected chi connectivity index (χ1v) is 11.7. The van der Waals surface area contributed by atoms with Crippen LogP contribution in [0.2, 0.25) is 0 Å². The van der Waals surface area contributed by atoms with Crippen molar-refractivity contribution in [2.75, 3.05) is 27.3 Å². The highest BCUT2D eigenvalue weighted by atomic mass is 16.5. The Morgan fingerprint density at radius 1 is 0.917 bits per heavy atom. The van der Waals surface area contributed by atoms with E-state index in [1.807, 2.05) is 67.7 Å². The number of likely N-dealkylation sites (N-methyl/N-ethyl adjacent to an activating group) is 1. The van der Waals surface area contributed by atoms with Gasteiger partial charge in [-0.2, -0.15) is 0 Å². The molecule has 8 nitrogen and oxygen atoms in total. The molecule has 0 spiro atoms. The van der Waals surface area contributed by atoms with Crippen LogP contribution in [0.4, 0.5) is 0 Å². The maximum Gasteiger partial charge on any atom is 0.284 e. The van der Waals surface area contributed by atoms with Gasteiger partial charge in [0.15, 0.2) is 11.2 Å². The van der Waals surface area contributed by atoms with E-state index in [1.54, 1.807) is 22.6 Å². The molecule has 2 aromatic heterocycles. The number of fused-ring (bicyclic) bond motifs is 1. The average molecular weight is 482 g/mol. The van der Waals surface area contributed by atoms with E-state index in [2.05, 4.69) is 27.0 Å². The topological polar surface area (TPSA) is 85.4 Å². The predicted molar refractivity (Wildman–Crippen MR) is 140 cm³/mol. The summed E-state index contributed by atoms with van der Waals surface area (Å²) in [6.07, 6.45) is 3.13. The van der Waals surface area contributed by atoms with Gasteiger partial charge in [-0.15, -0.1) is 0 Å². The van der Waals surface area contributed by atoms with Gasteiger partial charge in [-0.3, -0.25) is 18.8 Å². The van der Waals surface area contributed by atoms with Crippen LogP contribution in [0.25, 0.3) is 33.7 Å². The summed E-state index contributed by atoms with van der Waals surface area (Å²) in [5, 5.41) is 9.39. The Hall–Kier alpha value is -4.27. The van der Waals surface area contributed by atoms with Crippen LogP contribution >= 0.6 is 0 Å². The first-order valence-electron chi connectivity index (χ1n) is 11.7. The highest BCUT2D eigenvalue weighted by Gasteiger charge is 2.15. The molecule has 5 rings (SSSR count). The minimum atomic E-state index is -0.213. The third-order valence-electron chi connectivity index (χ3n) is 6.19. The summed E-state index contributed by atoms with van der Waals surface area (Å²) in [6, 6.07) is 23.5. The van der Waals surface area contributed by atoms with E-state index in [1.165, 1.54) is 6.33 Å². The molecular weight excluding hydrogens is 454 g/mol. The second-order valence-electron chi connectivity index (χ2n) is 8.57. The van der Waals surface area contributed by atoms with Crippen molar-refractivity contribution in [3.8, 4) is 28.3 Å². The van der Waals surface area contributed by atoms with Gasteiger partial charge in [0, 0.05) is 18.8 Å². The molecule has 0 saturated heterocycles. The van der Waals surface area contributed by atoms with E-state index in [9.17, 15) is 9.90 Å². The largest absolute Gasteiger partial charge is 0.497 e. The minimum Gasteiger partial charge on any atom is -0.497 e. The Morgan fingerprint density at radius 2 is 1.61 bits per heavy atom. The van der Waals surface area contributed by atoms with Crippen molar-refractivity contribution in [2.45, 2.75) is 6.54 Å². The molecule has 0 aliphatic rings. The van der Waals surface area contributed by atoms with Gasteiger partial charge in [-0.05, 0) is 60.1 Å². The van der Waals surface area contributed by atoms with E-state index in [-0.39, 0.29) is 12.2 Å². The van der Waals surface area contributed by atoms with Crippen molar-refractivity contribution >= 4 is 11.2 Å². The molecule has 0 amide bonds. The monoisotopic (exact) mass is 481 g/mol. The summed E-state index contributed by atoms with van der Waals surface area (Å²) >= 11 is 0. The Morgan fingerprint density at radius 3 is 2.31 bits per heavy atom. The maximum atomic E-state index is 13.7. The molecule has 0 unspecified atom stereocenters. The summed E-state index contributed by atoms with van der Waals surface area (Å²) < 4.78 is 8.54. The summed E-state index contributed by atoms with van der Waals surface area (Å²) in [5.74, 6) is 0.732. The molecule has 36 heavy (non-hydrogen) atoms. The fourth-order valence-electron chi connectivity index (χ4n) is 4.33. The molecule has 1 N–H and O–H groups in total. The predicted octanol–water partition coefficient (Wildman–Crippen LogP) is 3.67. The minimum absolute atomic E-state index is 0.0757. The van der Waals surface area contributed by atoms with E-state index in [0.29, 0.717) is 29.9 Å². The fourth-order valence-corrected chi connectivity index (χ4v) is 4.33. The standard InChI is InChI=1S/C28H27N5O3/c1-31(14-15-34)17-21-16-23(10-13-25(21)20-6-4-3-5-7-20)33-19-30-27-26(28(33)35)32(18-29-27)22-8-11-24(36-2)12-9-22/h3-13,16,18-19,34H,14-15,17H2,1-2H3. The Labute approximate surface area is 208 Å². The van der Waals surface area contributed by atoms with Gasteiger partial charge in [0.1, 0.15) is 18.4 Å². The normalized spacial score (nSPS) is 11.3. The third kappa shape index (κ3) is 4.51. The number of aliphatic hydroxyl groups is 1. The van der Waals surface area contributed by atoms with Crippen molar-refractivity contribution in [2.24, 2.45) is 0 Å². The lowest BCUT2D eigenvalue weighted by molar-refractivity contribution is 0.217. The number of benzene rings is 3. The summed E-state index contributed by atoms with van der Waals surface area (Å²) in [5.41, 5.74) is 5.29. The first kappa shape index (κ1) is 23.5. The number of hydrogen-bond acceptors (Lipinski definition) is 6. The van der Waals surface area contributed by atoms with Crippen molar-refractivity contribution in [3.63, 3.8) is 0 Å². The molecule has 0 aliphatic heterocycles. The van der Waals surface area contributed by atoms with Crippen LogP contribution in [0, 0.1) is 0 Å². The molecule has 0 bridgehead atoms. The average Bonchev–Trinajstić information content (AvgIpc) is 3.35. The van der Waals surface area contributed by atoms with Crippen LogP contribution in [-0.4, -0.2) is 56.4 Å². The SMILES string of the molecule is COc1ccc(-n2cnc3ncn(-c4ccc(-c5ccccc5)c(CN(C)CCO)c4)c(=O)c32)cc1. The van der Waals surface area contributed by atoms with Gasteiger partial charge >= 0.3 is 0 Å². The molecule has 0 saturated carbocycles. The lowest BCUT2D eigenvalue weighted by Gasteiger charge is -2.19. The molecule has 5 aromatic rings. The number of aromatic nitrogens is 4. The highest BCUT2D eigenvalue weighted by Crippen LogP contribution is 2.27. The number of imidazole rings is 1. The van der Waals surface area contributed by atoms with Crippen molar-refractivity contribution in [1.29, 1.82) is 0 Å². The van der Waals surface area contributed by atoms with Crippen LogP contribution in [0.15, 0.2) is 90.2 Å². The molecule has 0 atom stereocenters. The summed E-state index contributed by atoms with van der Waals surface area (Å²) in [7, 11) is 3.58. The van der Waals surface area contributed by atoms with E-state index < -0.39 is 0 Å². The fraction of sp³-hybridized carbons (Fsp3) is 0.179. The lowest BCUT2D eigenvalue weighted by atomic mass is 9.98. The van der Waals surface area contributed by atoms with Crippen molar-refractivity contribution in [1.82, 2.24) is 24.0 Å². The van der Waals surface area contributed by atoms with Crippen LogP contribution in [0.3, 0.4) is 0 Å². The quantitative estimate of drug-likeness (QED) is 0.364. The van der Waals surface area contributed by atoms with Gasteiger partial charge in [0.05, 0.1) is 19.4 Å². The Bertz CT molecular complexity index is 1540. The number of aliphatic hydroxyl groups excluding tert-OH is 1. The van der Waals surface area contributed by atoms with Crippen molar-refractivity contribution < 1.29 is 9.84 Å². The number of rotatable bonds is 8. The first-order chi connectivity index (χ1) is 17.6. The van der Waals surface area contributed by atoms with Gasteiger partial charge in [-0.1, -0.05) is 36.4 Å². The highest BCUT2D eigenvalue weighted by molar-refractivity contribution is 5.73. The smallest absolute Gasteiger partial charge is 0.284 e. The van der Waals surface area contributed by atoms with Crippen LogP contribution in [-0.2, 0) is 6.54 Å². The van der Waals surface area contributed by atoms with E-state index in [0.717, 1.165) is 28.1 Å². The second-order valence-corrected chi connectivity index (χ2v) is 8.57.